The van der Waals surface area contributed by atoms with E-state index in [1.165, 1.54) is 5.56 Å². The largest absolute Gasteiger partial charge is 0.341 e. The number of pyridine rings is 1. The fourth-order valence-corrected chi connectivity index (χ4v) is 3.80. The lowest BCUT2D eigenvalue weighted by atomic mass is 9.94. The van der Waals surface area contributed by atoms with Crippen molar-refractivity contribution in [3.05, 3.63) is 64.9 Å². The molecule has 23 heavy (non-hydrogen) atoms. The van der Waals surface area contributed by atoms with Crippen molar-refractivity contribution in [1.82, 2.24) is 9.88 Å². The maximum atomic E-state index is 13.1. The Kier molecular flexibility index (Phi) is 3.61. The predicted octanol–water partition coefficient (Wildman–Crippen LogP) is 3.78. The Balaban J connectivity index is 1.51. The van der Waals surface area contributed by atoms with Gasteiger partial charge in [-0.05, 0) is 54.7 Å². The van der Waals surface area contributed by atoms with Crippen LogP contribution in [0.4, 0.5) is 0 Å². The molecule has 0 bridgehead atoms. The van der Waals surface area contributed by atoms with E-state index in [0.29, 0.717) is 5.92 Å². The third kappa shape index (κ3) is 2.63. The van der Waals surface area contributed by atoms with Crippen LogP contribution in [0.25, 0.3) is 0 Å². The predicted molar refractivity (Wildman–Crippen MR) is 90.5 cm³/mol. The second kappa shape index (κ2) is 5.64. The zero-order valence-electron chi connectivity index (χ0n) is 12.9. The lowest BCUT2D eigenvalue weighted by molar-refractivity contribution is -0.132. The first-order valence-corrected chi connectivity index (χ1v) is 8.52. The van der Waals surface area contributed by atoms with Gasteiger partial charge in [0.25, 0.3) is 0 Å². The SMILES string of the molecule is O=C(N1CC[C@H](c2ccncc2)C1)C1(c2ccc(Cl)cc2)CC1. The van der Waals surface area contributed by atoms with Crippen LogP contribution in [-0.4, -0.2) is 28.9 Å². The van der Waals surface area contributed by atoms with Crippen LogP contribution in [0.15, 0.2) is 48.8 Å². The van der Waals surface area contributed by atoms with Crippen molar-refractivity contribution in [1.29, 1.82) is 0 Å². The van der Waals surface area contributed by atoms with Gasteiger partial charge in [-0.25, -0.2) is 0 Å². The number of benzene rings is 1. The fraction of sp³-hybridized carbons (Fsp3) is 0.368. The van der Waals surface area contributed by atoms with Crippen LogP contribution < -0.4 is 0 Å². The highest BCUT2D eigenvalue weighted by Crippen LogP contribution is 2.50. The van der Waals surface area contributed by atoms with Crippen LogP contribution in [0.5, 0.6) is 0 Å². The molecule has 1 aromatic heterocycles. The molecule has 1 amide bonds. The molecule has 4 heteroatoms. The molecule has 1 aromatic carbocycles. The van der Waals surface area contributed by atoms with Crippen molar-refractivity contribution in [3.63, 3.8) is 0 Å². The van der Waals surface area contributed by atoms with Gasteiger partial charge in [0.2, 0.25) is 5.91 Å². The van der Waals surface area contributed by atoms with Gasteiger partial charge in [-0.3, -0.25) is 9.78 Å². The van der Waals surface area contributed by atoms with E-state index in [1.807, 2.05) is 41.6 Å². The molecule has 3 nitrogen and oxygen atoms in total. The van der Waals surface area contributed by atoms with Gasteiger partial charge < -0.3 is 4.90 Å². The van der Waals surface area contributed by atoms with E-state index in [4.69, 9.17) is 11.6 Å². The van der Waals surface area contributed by atoms with E-state index in [0.717, 1.165) is 42.9 Å². The quantitative estimate of drug-likeness (QED) is 0.860. The lowest BCUT2D eigenvalue weighted by Gasteiger charge is -2.24. The van der Waals surface area contributed by atoms with Gasteiger partial charge in [-0.15, -0.1) is 0 Å². The molecule has 4 rings (SSSR count). The summed E-state index contributed by atoms with van der Waals surface area (Å²) in [6.45, 7) is 1.67. The number of hydrogen-bond acceptors (Lipinski definition) is 2. The van der Waals surface area contributed by atoms with Gasteiger partial charge in [0, 0.05) is 36.4 Å². The zero-order chi connectivity index (χ0) is 15.9. The average Bonchev–Trinajstić information content (AvgIpc) is 3.25. The highest BCUT2D eigenvalue weighted by atomic mass is 35.5. The molecule has 0 radical (unpaired) electrons. The standard InChI is InChI=1S/C19H19ClN2O/c20-17-3-1-16(2-4-17)19(8-9-19)18(23)22-12-7-15(13-22)14-5-10-21-11-6-14/h1-6,10-11,15H,7-9,12-13H2/t15-/m0/s1. The zero-order valence-corrected chi connectivity index (χ0v) is 13.7. The molecule has 1 aliphatic heterocycles. The van der Waals surface area contributed by atoms with Gasteiger partial charge in [0.15, 0.2) is 0 Å². The molecule has 1 saturated carbocycles. The number of carbonyl (C=O) groups is 1. The normalized spacial score (nSPS) is 22.1. The molecular weight excluding hydrogens is 308 g/mol. The van der Waals surface area contributed by atoms with Crippen molar-refractivity contribution < 1.29 is 4.79 Å². The first-order valence-electron chi connectivity index (χ1n) is 8.14. The molecule has 2 heterocycles. The lowest BCUT2D eigenvalue weighted by Crippen LogP contribution is -2.37. The summed E-state index contributed by atoms with van der Waals surface area (Å²) in [4.78, 5) is 19.2. The molecule has 118 valence electrons. The molecule has 1 atom stereocenters. The Hall–Kier alpha value is -1.87. The second-order valence-electron chi connectivity index (χ2n) is 6.61. The van der Waals surface area contributed by atoms with E-state index in [1.54, 1.807) is 0 Å². The van der Waals surface area contributed by atoms with Crippen LogP contribution in [-0.2, 0) is 10.2 Å². The molecule has 1 saturated heterocycles. The monoisotopic (exact) mass is 326 g/mol. The maximum Gasteiger partial charge on any atom is 0.233 e. The molecule has 0 unspecified atom stereocenters. The van der Waals surface area contributed by atoms with Gasteiger partial charge in [0.05, 0.1) is 5.41 Å². The van der Waals surface area contributed by atoms with Crippen molar-refractivity contribution in [2.75, 3.05) is 13.1 Å². The Bertz CT molecular complexity index is 710. The number of aromatic nitrogens is 1. The molecule has 0 N–H and O–H groups in total. The minimum atomic E-state index is -0.294. The van der Waals surface area contributed by atoms with Gasteiger partial charge >= 0.3 is 0 Å². The third-order valence-corrected chi connectivity index (χ3v) is 5.46. The molecule has 2 aliphatic rings. The summed E-state index contributed by atoms with van der Waals surface area (Å²) in [5.74, 6) is 0.722. The Morgan fingerprint density at radius 1 is 1.13 bits per heavy atom. The number of hydrogen-bond donors (Lipinski definition) is 0. The van der Waals surface area contributed by atoms with E-state index in [9.17, 15) is 4.79 Å². The van der Waals surface area contributed by atoms with E-state index in [-0.39, 0.29) is 11.3 Å². The second-order valence-corrected chi connectivity index (χ2v) is 7.04. The number of carbonyl (C=O) groups excluding carboxylic acids is 1. The number of rotatable bonds is 3. The average molecular weight is 327 g/mol. The van der Waals surface area contributed by atoms with Gasteiger partial charge in [-0.1, -0.05) is 23.7 Å². The van der Waals surface area contributed by atoms with Crippen molar-refractivity contribution >= 4 is 17.5 Å². The Morgan fingerprint density at radius 3 is 2.48 bits per heavy atom. The molecular formula is C19H19ClN2O. The molecule has 2 fully saturated rings. The third-order valence-electron chi connectivity index (χ3n) is 5.21. The molecule has 2 aromatic rings. The number of amides is 1. The van der Waals surface area contributed by atoms with Crippen molar-refractivity contribution in [2.24, 2.45) is 0 Å². The minimum Gasteiger partial charge on any atom is -0.341 e. The summed E-state index contributed by atoms with van der Waals surface area (Å²) in [7, 11) is 0. The van der Waals surface area contributed by atoms with Crippen LogP contribution in [0, 0.1) is 0 Å². The highest BCUT2D eigenvalue weighted by Gasteiger charge is 2.53. The first-order chi connectivity index (χ1) is 11.2. The summed E-state index contributed by atoms with van der Waals surface area (Å²) in [5.41, 5.74) is 2.10. The van der Waals surface area contributed by atoms with E-state index < -0.39 is 0 Å². The number of halogens is 1. The summed E-state index contributed by atoms with van der Waals surface area (Å²) >= 11 is 5.98. The summed E-state index contributed by atoms with van der Waals surface area (Å²) < 4.78 is 0. The first kappa shape index (κ1) is 14.7. The number of likely N-dealkylation sites (tertiary alicyclic amines) is 1. The molecule has 1 aliphatic carbocycles. The molecule has 0 spiro atoms. The maximum absolute atomic E-state index is 13.1. The fourth-order valence-electron chi connectivity index (χ4n) is 3.68. The van der Waals surface area contributed by atoms with Crippen LogP contribution in [0.1, 0.15) is 36.3 Å². The van der Waals surface area contributed by atoms with Crippen LogP contribution >= 0.6 is 11.6 Å². The topological polar surface area (TPSA) is 33.2 Å². The van der Waals surface area contributed by atoms with Crippen LogP contribution in [0.3, 0.4) is 0 Å². The van der Waals surface area contributed by atoms with Gasteiger partial charge in [0.1, 0.15) is 0 Å². The highest BCUT2D eigenvalue weighted by molar-refractivity contribution is 6.30. The smallest absolute Gasteiger partial charge is 0.233 e. The minimum absolute atomic E-state index is 0.288. The van der Waals surface area contributed by atoms with Crippen molar-refractivity contribution in [2.45, 2.75) is 30.6 Å². The Labute approximate surface area is 141 Å². The van der Waals surface area contributed by atoms with E-state index >= 15 is 0 Å². The Morgan fingerprint density at radius 2 is 1.83 bits per heavy atom. The van der Waals surface area contributed by atoms with Gasteiger partial charge in [-0.2, -0.15) is 0 Å². The summed E-state index contributed by atoms with van der Waals surface area (Å²) in [6, 6.07) is 11.9. The van der Waals surface area contributed by atoms with Crippen LogP contribution in [0.2, 0.25) is 5.02 Å². The summed E-state index contributed by atoms with van der Waals surface area (Å²) in [6.07, 6.45) is 6.59. The van der Waals surface area contributed by atoms with E-state index in [2.05, 4.69) is 17.1 Å². The number of nitrogens with zero attached hydrogens (tertiary/aromatic N) is 2. The van der Waals surface area contributed by atoms with Crippen molar-refractivity contribution in [3.8, 4) is 0 Å². The summed E-state index contributed by atoms with van der Waals surface area (Å²) in [5, 5.41) is 0.718.